The average molecular weight is 468 g/mol. The Kier molecular flexibility index (Phi) is 6.02. The summed E-state index contributed by atoms with van der Waals surface area (Å²) < 4.78 is 8.29. The smallest absolute Gasteiger partial charge is 0.141 e. The van der Waals surface area contributed by atoms with Gasteiger partial charge in [0.05, 0.1) is 23.2 Å². The molecular weight excluding hydrogens is 434 g/mol. The van der Waals surface area contributed by atoms with Crippen LogP contribution in [0.1, 0.15) is 48.8 Å². The molecule has 6 heteroatoms. The number of halogens is 1. The molecule has 1 aromatic heterocycles. The van der Waals surface area contributed by atoms with Gasteiger partial charge in [0.2, 0.25) is 0 Å². The van der Waals surface area contributed by atoms with E-state index in [4.69, 9.17) is 21.3 Å². The zero-order chi connectivity index (χ0) is 23.3. The summed E-state index contributed by atoms with van der Waals surface area (Å²) in [4.78, 5) is 7.41. The first-order valence-corrected chi connectivity index (χ1v) is 12.3. The van der Waals surface area contributed by atoms with Crippen molar-refractivity contribution in [2.75, 3.05) is 26.7 Å². The molecule has 33 heavy (non-hydrogen) atoms. The number of hydrogen-bond donors (Lipinski definition) is 1. The van der Waals surface area contributed by atoms with Gasteiger partial charge >= 0.3 is 0 Å². The summed E-state index contributed by atoms with van der Waals surface area (Å²) in [5.41, 5.74) is 5.00. The standard InChI is InChI=1S/C27H34ClN3O2/c1-17-5-8-23-22(11-17)29-26(27(2,3)32)31(23)24-9-10-30(16-25(24)33-4)15-18-12-19-6-7-21(28)14-20(19)13-18/h5-8,11,14,18,24-25,32H,9-10,12-13,15-16H2,1-4H3/t18-,24-,25-/m1/s1. The molecule has 176 valence electrons. The van der Waals surface area contributed by atoms with Gasteiger partial charge in [0.15, 0.2) is 0 Å². The molecule has 1 aliphatic carbocycles. The maximum Gasteiger partial charge on any atom is 0.141 e. The number of ether oxygens (including phenoxy) is 1. The number of imidazole rings is 1. The van der Waals surface area contributed by atoms with Crippen molar-refractivity contribution >= 4 is 22.6 Å². The summed E-state index contributed by atoms with van der Waals surface area (Å²) in [6.07, 6.45) is 3.23. The second kappa shape index (κ2) is 8.70. The van der Waals surface area contributed by atoms with Gasteiger partial charge in [-0.05, 0) is 86.9 Å². The molecule has 0 saturated carbocycles. The monoisotopic (exact) mass is 467 g/mol. The molecule has 1 saturated heterocycles. The van der Waals surface area contributed by atoms with Gasteiger partial charge in [0.25, 0.3) is 0 Å². The third kappa shape index (κ3) is 4.44. The maximum atomic E-state index is 10.9. The lowest BCUT2D eigenvalue weighted by Gasteiger charge is -2.40. The normalized spacial score (nSPS) is 23.9. The van der Waals surface area contributed by atoms with Gasteiger partial charge in [0.1, 0.15) is 11.4 Å². The van der Waals surface area contributed by atoms with Gasteiger partial charge in [-0.15, -0.1) is 0 Å². The first-order chi connectivity index (χ1) is 15.7. The van der Waals surface area contributed by atoms with Crippen molar-refractivity contribution in [3.05, 3.63) is 63.9 Å². The van der Waals surface area contributed by atoms with Crippen LogP contribution in [0.5, 0.6) is 0 Å². The molecule has 1 N–H and O–H groups in total. The highest BCUT2D eigenvalue weighted by Gasteiger charge is 2.37. The van der Waals surface area contributed by atoms with Crippen molar-refractivity contribution in [1.29, 1.82) is 0 Å². The maximum absolute atomic E-state index is 10.9. The minimum atomic E-state index is -1.03. The van der Waals surface area contributed by atoms with Crippen molar-refractivity contribution in [2.24, 2.45) is 5.92 Å². The van der Waals surface area contributed by atoms with E-state index in [-0.39, 0.29) is 12.1 Å². The molecular formula is C27H34ClN3O2. The number of piperidine rings is 1. The minimum Gasteiger partial charge on any atom is -0.383 e. The Morgan fingerprint density at radius 3 is 2.70 bits per heavy atom. The fourth-order valence-electron chi connectivity index (χ4n) is 5.81. The third-order valence-electron chi connectivity index (χ3n) is 7.34. The SMILES string of the molecule is CO[C@@H]1CN(C[C@@H]2Cc3ccc(Cl)cc3C2)CC[C@H]1n1c(C(C)(C)O)nc2cc(C)ccc21. The highest BCUT2D eigenvalue weighted by Crippen LogP contribution is 2.36. The van der Waals surface area contributed by atoms with E-state index in [1.165, 1.54) is 16.7 Å². The molecule has 0 unspecified atom stereocenters. The van der Waals surface area contributed by atoms with Crippen LogP contribution >= 0.6 is 11.6 Å². The molecule has 0 amide bonds. The number of methoxy groups -OCH3 is 1. The van der Waals surface area contributed by atoms with E-state index >= 15 is 0 Å². The van der Waals surface area contributed by atoms with Gasteiger partial charge in [-0.1, -0.05) is 23.7 Å². The van der Waals surface area contributed by atoms with Crippen LogP contribution in [0.4, 0.5) is 0 Å². The van der Waals surface area contributed by atoms with E-state index in [1.807, 2.05) is 27.0 Å². The van der Waals surface area contributed by atoms with E-state index in [9.17, 15) is 5.11 Å². The Hall–Kier alpha value is -1.92. The van der Waals surface area contributed by atoms with Gasteiger partial charge < -0.3 is 19.3 Å². The number of likely N-dealkylation sites (tertiary alicyclic amines) is 1. The second-order valence-corrected chi connectivity index (χ2v) is 10.9. The van der Waals surface area contributed by atoms with Crippen molar-refractivity contribution < 1.29 is 9.84 Å². The van der Waals surface area contributed by atoms with Crippen molar-refractivity contribution in [3.63, 3.8) is 0 Å². The second-order valence-electron chi connectivity index (χ2n) is 10.4. The highest BCUT2D eigenvalue weighted by molar-refractivity contribution is 6.30. The highest BCUT2D eigenvalue weighted by atomic mass is 35.5. The Morgan fingerprint density at radius 1 is 1.15 bits per heavy atom. The lowest BCUT2D eigenvalue weighted by Crippen LogP contribution is -2.47. The minimum absolute atomic E-state index is 0.0387. The van der Waals surface area contributed by atoms with Crippen molar-refractivity contribution in [2.45, 2.75) is 57.8 Å². The topological polar surface area (TPSA) is 50.5 Å². The number of rotatable bonds is 5. The molecule has 3 aromatic rings. The Labute approximate surface area is 201 Å². The quantitative estimate of drug-likeness (QED) is 0.579. The molecule has 0 bridgehead atoms. The van der Waals surface area contributed by atoms with Crippen LogP contribution in [0.25, 0.3) is 11.0 Å². The number of aryl methyl sites for hydroxylation is 1. The Morgan fingerprint density at radius 2 is 1.94 bits per heavy atom. The Bertz CT molecular complexity index is 1170. The molecule has 2 aromatic carbocycles. The van der Waals surface area contributed by atoms with E-state index in [0.717, 1.165) is 55.0 Å². The number of hydrogen-bond acceptors (Lipinski definition) is 4. The van der Waals surface area contributed by atoms with Crippen LogP contribution in [-0.4, -0.2) is 52.4 Å². The number of aliphatic hydroxyl groups is 1. The van der Waals surface area contributed by atoms with Crippen LogP contribution in [0.3, 0.4) is 0 Å². The van der Waals surface area contributed by atoms with E-state index in [2.05, 4.69) is 46.7 Å². The molecule has 0 spiro atoms. The Balaban J connectivity index is 1.36. The molecule has 5 nitrogen and oxygen atoms in total. The fourth-order valence-corrected chi connectivity index (χ4v) is 6.00. The predicted molar refractivity (Wildman–Crippen MR) is 133 cm³/mol. The largest absolute Gasteiger partial charge is 0.383 e. The molecule has 2 heterocycles. The predicted octanol–water partition coefficient (Wildman–Crippen LogP) is 4.90. The molecule has 0 radical (unpaired) electrons. The summed E-state index contributed by atoms with van der Waals surface area (Å²) in [5, 5.41) is 11.8. The first kappa shape index (κ1) is 22.9. The average Bonchev–Trinajstić information content (AvgIpc) is 3.33. The van der Waals surface area contributed by atoms with E-state index in [0.29, 0.717) is 11.7 Å². The molecule has 1 fully saturated rings. The molecule has 3 atom stereocenters. The summed E-state index contributed by atoms with van der Waals surface area (Å²) in [5.74, 6) is 1.34. The van der Waals surface area contributed by atoms with Gasteiger partial charge in [0, 0.05) is 31.8 Å². The zero-order valence-electron chi connectivity index (χ0n) is 20.0. The fraction of sp³-hybridized carbons (Fsp3) is 0.519. The van der Waals surface area contributed by atoms with E-state index in [1.54, 1.807) is 0 Å². The summed E-state index contributed by atoms with van der Waals surface area (Å²) in [6, 6.07) is 12.8. The van der Waals surface area contributed by atoms with Crippen LogP contribution in [0, 0.1) is 12.8 Å². The van der Waals surface area contributed by atoms with Crippen LogP contribution < -0.4 is 0 Å². The lowest BCUT2D eigenvalue weighted by molar-refractivity contribution is -0.0151. The lowest BCUT2D eigenvalue weighted by atomic mass is 9.97. The van der Waals surface area contributed by atoms with Gasteiger partial charge in [-0.3, -0.25) is 0 Å². The number of aromatic nitrogens is 2. The third-order valence-corrected chi connectivity index (χ3v) is 7.57. The van der Waals surface area contributed by atoms with Crippen molar-refractivity contribution in [1.82, 2.24) is 14.5 Å². The number of benzene rings is 2. The van der Waals surface area contributed by atoms with Crippen LogP contribution in [0.15, 0.2) is 36.4 Å². The van der Waals surface area contributed by atoms with Gasteiger partial charge in [-0.2, -0.15) is 0 Å². The summed E-state index contributed by atoms with van der Waals surface area (Å²) in [6.45, 7) is 8.67. The summed E-state index contributed by atoms with van der Waals surface area (Å²) in [7, 11) is 1.81. The number of fused-ring (bicyclic) bond motifs is 2. The van der Waals surface area contributed by atoms with Crippen LogP contribution in [-0.2, 0) is 23.2 Å². The summed E-state index contributed by atoms with van der Waals surface area (Å²) >= 11 is 6.21. The van der Waals surface area contributed by atoms with Crippen LogP contribution in [0.2, 0.25) is 5.02 Å². The molecule has 2 aliphatic rings. The number of nitrogens with zero attached hydrogens (tertiary/aromatic N) is 3. The van der Waals surface area contributed by atoms with Crippen molar-refractivity contribution in [3.8, 4) is 0 Å². The zero-order valence-corrected chi connectivity index (χ0v) is 20.8. The first-order valence-electron chi connectivity index (χ1n) is 12.0. The van der Waals surface area contributed by atoms with E-state index < -0.39 is 5.60 Å². The van der Waals surface area contributed by atoms with Gasteiger partial charge in [-0.25, -0.2) is 4.98 Å². The molecule has 1 aliphatic heterocycles. The molecule has 5 rings (SSSR count).